The molecule has 2 unspecified atom stereocenters. The second kappa shape index (κ2) is 7.16. The maximum absolute atomic E-state index is 12.9. The first kappa shape index (κ1) is 20.5. The molecule has 4 N–H and O–H groups in total. The quantitative estimate of drug-likeness (QED) is 0.680. The van der Waals surface area contributed by atoms with E-state index in [-0.39, 0.29) is 4.21 Å². The van der Waals surface area contributed by atoms with Gasteiger partial charge in [0.05, 0.1) is 11.3 Å². The number of urea groups is 1. The Morgan fingerprint density at radius 3 is 2.83 bits per heavy atom. The van der Waals surface area contributed by atoms with Crippen molar-refractivity contribution in [3.63, 3.8) is 0 Å². The van der Waals surface area contributed by atoms with E-state index in [1.54, 1.807) is 25.3 Å². The lowest BCUT2D eigenvalue weighted by Crippen LogP contribution is -2.19. The van der Waals surface area contributed by atoms with Gasteiger partial charge >= 0.3 is 6.03 Å². The monoisotopic (exact) mass is 434 g/mol. The number of aliphatic hydroxyl groups is 1. The number of nitrogens with zero attached hydrogens (tertiary/aromatic N) is 2. The van der Waals surface area contributed by atoms with Gasteiger partial charge in [-0.15, -0.1) is 15.7 Å². The molecule has 0 saturated carbocycles. The van der Waals surface area contributed by atoms with E-state index in [2.05, 4.69) is 16.6 Å². The summed E-state index contributed by atoms with van der Waals surface area (Å²) in [6, 6.07) is 0.839. The normalized spacial score (nSPS) is 20.1. The molecule has 0 spiro atoms. The number of fused-ring (bicyclic) bond motifs is 2. The van der Waals surface area contributed by atoms with E-state index in [1.807, 2.05) is 0 Å². The number of rotatable bonds is 3. The predicted molar refractivity (Wildman–Crippen MR) is 115 cm³/mol. The van der Waals surface area contributed by atoms with Crippen molar-refractivity contribution in [2.24, 2.45) is 9.50 Å². The number of anilines is 1. The van der Waals surface area contributed by atoms with Crippen LogP contribution in [0.2, 0.25) is 0 Å². The maximum atomic E-state index is 12.9. The van der Waals surface area contributed by atoms with Gasteiger partial charge in [-0.2, -0.15) is 0 Å². The summed E-state index contributed by atoms with van der Waals surface area (Å²) in [6.45, 7) is 5.42. The molecule has 156 valence electrons. The molecular weight excluding hydrogens is 408 g/mol. The highest BCUT2D eigenvalue weighted by Crippen LogP contribution is 2.41. The van der Waals surface area contributed by atoms with Crippen LogP contribution in [0.3, 0.4) is 0 Å². The molecule has 2 aromatic heterocycles. The highest BCUT2D eigenvalue weighted by atomic mass is 32.2. The van der Waals surface area contributed by atoms with Gasteiger partial charge in [-0.05, 0) is 80.0 Å². The molecule has 0 fully saturated rings. The Labute approximate surface area is 175 Å². The smallest absolute Gasteiger partial charge is 0.354 e. The molecule has 2 atom stereocenters. The molecule has 7 nitrogen and oxygen atoms in total. The Morgan fingerprint density at radius 1 is 1.38 bits per heavy atom. The number of hydrogen-bond donors (Lipinski definition) is 3. The lowest BCUT2D eigenvalue weighted by atomic mass is 10.0. The Hall–Kier alpha value is -1.81. The number of amides is 2. The van der Waals surface area contributed by atoms with Crippen LogP contribution in [-0.2, 0) is 34.8 Å². The van der Waals surface area contributed by atoms with E-state index in [1.165, 1.54) is 0 Å². The summed E-state index contributed by atoms with van der Waals surface area (Å²) in [7, 11) is -3.40. The third kappa shape index (κ3) is 3.84. The van der Waals surface area contributed by atoms with E-state index >= 15 is 0 Å². The summed E-state index contributed by atoms with van der Waals surface area (Å²) in [5.74, 6) is 0.369. The van der Waals surface area contributed by atoms with Crippen LogP contribution in [0.4, 0.5) is 10.5 Å². The van der Waals surface area contributed by atoms with Gasteiger partial charge in [0.1, 0.15) is 4.21 Å². The largest absolute Gasteiger partial charge is 0.386 e. The molecule has 2 heterocycles. The zero-order valence-electron chi connectivity index (χ0n) is 16.8. The second-order valence-corrected chi connectivity index (χ2v) is 11.3. The molecule has 9 heteroatoms. The second-order valence-electron chi connectivity index (χ2n) is 8.37. The van der Waals surface area contributed by atoms with Gasteiger partial charge in [0.15, 0.2) is 9.92 Å². The first-order chi connectivity index (χ1) is 13.6. The number of nitrogens with one attached hydrogen (secondary N) is 1. The van der Waals surface area contributed by atoms with Crippen molar-refractivity contribution in [3.8, 4) is 0 Å². The van der Waals surface area contributed by atoms with E-state index in [4.69, 9.17) is 10.1 Å². The van der Waals surface area contributed by atoms with Crippen LogP contribution in [-0.4, -0.2) is 20.3 Å². The van der Waals surface area contributed by atoms with Gasteiger partial charge in [-0.25, -0.2) is 14.1 Å². The summed E-state index contributed by atoms with van der Waals surface area (Å²) in [4.78, 5) is 17.5. The summed E-state index contributed by atoms with van der Waals surface area (Å²) < 4.78 is 17.0. The molecule has 2 aromatic rings. The van der Waals surface area contributed by atoms with Crippen molar-refractivity contribution in [1.29, 1.82) is 0 Å². The average Bonchev–Trinajstić information content (AvgIpc) is 3.33. The van der Waals surface area contributed by atoms with Crippen LogP contribution in [0, 0.1) is 0 Å². The molecule has 0 aliphatic heterocycles. The Balaban J connectivity index is 1.66. The molecular formula is C20H26N4O3S2. The first-order valence-electron chi connectivity index (χ1n) is 9.78. The zero-order chi connectivity index (χ0) is 21.0. The molecule has 2 amide bonds. The highest BCUT2D eigenvalue weighted by molar-refractivity contribution is 7.93. The van der Waals surface area contributed by atoms with Crippen LogP contribution >= 0.6 is 11.3 Å². The van der Waals surface area contributed by atoms with Gasteiger partial charge in [-0.3, -0.25) is 4.98 Å². The van der Waals surface area contributed by atoms with Gasteiger partial charge in [0.25, 0.3) is 0 Å². The fourth-order valence-electron chi connectivity index (χ4n) is 4.04. The zero-order valence-corrected chi connectivity index (χ0v) is 18.5. The number of nitrogens with two attached hydrogens (primary N) is 1. The van der Waals surface area contributed by atoms with Gasteiger partial charge < -0.3 is 10.4 Å². The van der Waals surface area contributed by atoms with Crippen LogP contribution in [0.25, 0.3) is 0 Å². The molecule has 0 bridgehead atoms. The van der Waals surface area contributed by atoms with Gasteiger partial charge in [-0.1, -0.05) is 6.92 Å². The molecule has 0 radical (unpaired) electrons. The van der Waals surface area contributed by atoms with E-state index in [0.717, 1.165) is 71.6 Å². The van der Waals surface area contributed by atoms with E-state index < -0.39 is 21.5 Å². The summed E-state index contributed by atoms with van der Waals surface area (Å²) >= 11 is 1.13. The van der Waals surface area contributed by atoms with Crippen molar-refractivity contribution < 1.29 is 14.1 Å². The molecule has 4 rings (SSSR count). The number of aromatic nitrogens is 1. The van der Waals surface area contributed by atoms with Crippen molar-refractivity contribution in [3.05, 3.63) is 39.5 Å². The third-order valence-electron chi connectivity index (χ3n) is 5.67. The molecule has 2 aliphatic rings. The molecule has 2 aliphatic carbocycles. The minimum Gasteiger partial charge on any atom is -0.386 e. The average molecular weight is 435 g/mol. The van der Waals surface area contributed by atoms with E-state index in [0.29, 0.717) is 11.5 Å². The number of carbonyl (C=O) groups is 1. The highest BCUT2D eigenvalue weighted by Gasteiger charge is 2.30. The standard InChI is InChI=1S/C20H26N4O3S2/c1-11-7-8-14-17(11)22-15-6-4-5-13(15)18(14)23-19(25)24-29(21,27)16-9-12(10-28-16)20(2,3)26/h9-11,26H,4-8H2,1-3H3,(H3,21,22,23,24,25,27). The summed E-state index contributed by atoms with van der Waals surface area (Å²) in [5.41, 5.74) is 4.55. The Morgan fingerprint density at radius 2 is 2.14 bits per heavy atom. The van der Waals surface area contributed by atoms with Gasteiger partial charge in [0, 0.05) is 11.4 Å². The summed E-state index contributed by atoms with van der Waals surface area (Å²) in [5, 5.41) is 20.6. The number of aryl methyl sites for hydroxylation is 1. The topological polar surface area (TPSA) is 118 Å². The third-order valence-corrected chi connectivity index (χ3v) is 8.53. The SMILES string of the molecule is CC1CCc2c1nc1c(c2NC(=O)N=S(N)(=O)c2cc(C(C)(C)O)cs2)CCC1. The number of hydrogen-bond acceptors (Lipinski definition) is 5. The van der Waals surface area contributed by atoms with Crippen molar-refractivity contribution in [2.45, 2.75) is 68.6 Å². The maximum Gasteiger partial charge on any atom is 0.354 e. The lowest BCUT2D eigenvalue weighted by Gasteiger charge is -2.15. The number of pyridine rings is 1. The minimum atomic E-state index is -3.40. The van der Waals surface area contributed by atoms with E-state index in [9.17, 15) is 14.1 Å². The first-order valence-corrected chi connectivity index (χ1v) is 12.2. The van der Waals surface area contributed by atoms with Crippen LogP contribution in [0.1, 0.15) is 67.6 Å². The minimum absolute atomic E-state index is 0.267. The number of thiophene rings is 1. The molecule has 0 aromatic carbocycles. The van der Waals surface area contributed by atoms with Crippen LogP contribution < -0.4 is 10.5 Å². The Bertz CT molecular complexity index is 1110. The summed E-state index contributed by atoms with van der Waals surface area (Å²) in [6.07, 6.45) is 4.68. The van der Waals surface area contributed by atoms with Gasteiger partial charge in [0.2, 0.25) is 0 Å². The Kier molecular flexibility index (Phi) is 5.05. The molecule has 29 heavy (non-hydrogen) atoms. The van der Waals surface area contributed by atoms with Crippen molar-refractivity contribution in [1.82, 2.24) is 4.98 Å². The van der Waals surface area contributed by atoms with Crippen LogP contribution in [0.5, 0.6) is 0 Å². The van der Waals surface area contributed by atoms with Crippen molar-refractivity contribution in [2.75, 3.05) is 5.32 Å². The lowest BCUT2D eigenvalue weighted by molar-refractivity contribution is 0.0789. The predicted octanol–water partition coefficient (Wildman–Crippen LogP) is 3.84. The number of carbonyl (C=O) groups excluding carboxylic acids is 1. The fraction of sp³-hybridized carbons (Fsp3) is 0.500. The van der Waals surface area contributed by atoms with Crippen LogP contribution in [0.15, 0.2) is 20.0 Å². The molecule has 0 saturated heterocycles. The van der Waals surface area contributed by atoms with Crippen molar-refractivity contribution >= 4 is 33.0 Å². The fourth-order valence-corrected chi connectivity index (χ4v) is 6.32.